The molecular weight excluding hydrogens is 286 g/mol. The van der Waals surface area contributed by atoms with E-state index in [-0.39, 0.29) is 19.1 Å². The van der Waals surface area contributed by atoms with Crippen LogP contribution >= 0.6 is 11.3 Å². The second kappa shape index (κ2) is 6.39. The van der Waals surface area contributed by atoms with Crippen LogP contribution < -0.4 is 5.32 Å². The number of hydrogen-bond acceptors (Lipinski definition) is 4. The Hall–Kier alpha value is -1.69. The Morgan fingerprint density at radius 2 is 1.81 bits per heavy atom. The maximum Gasteiger partial charge on any atom is 0.261 e. The largest absolute Gasteiger partial charge is 0.394 e. The molecule has 1 amide bonds. The maximum atomic E-state index is 12.2. The summed E-state index contributed by atoms with van der Waals surface area (Å²) in [5.41, 5.74) is 2.22. The van der Waals surface area contributed by atoms with E-state index in [1.54, 1.807) is 6.92 Å². The van der Waals surface area contributed by atoms with E-state index in [0.29, 0.717) is 4.88 Å². The lowest BCUT2D eigenvalue weighted by Gasteiger charge is -2.25. The van der Waals surface area contributed by atoms with Gasteiger partial charge in [0, 0.05) is 0 Å². The Morgan fingerprint density at radius 3 is 2.38 bits per heavy atom. The maximum absolute atomic E-state index is 12.2. The number of aliphatic hydroxyl groups excluding tert-OH is 2. The van der Waals surface area contributed by atoms with Crippen LogP contribution in [0.25, 0.3) is 11.1 Å². The second-order valence-corrected chi connectivity index (χ2v) is 6.31. The van der Waals surface area contributed by atoms with Crippen LogP contribution in [-0.4, -0.2) is 34.9 Å². The molecule has 0 aliphatic carbocycles. The van der Waals surface area contributed by atoms with Crippen LogP contribution in [0.15, 0.2) is 35.7 Å². The molecule has 0 radical (unpaired) electrons. The van der Waals surface area contributed by atoms with Crippen molar-refractivity contribution in [3.63, 3.8) is 0 Å². The summed E-state index contributed by atoms with van der Waals surface area (Å²) in [4.78, 5) is 12.7. The Labute approximate surface area is 128 Å². The van der Waals surface area contributed by atoms with E-state index in [0.717, 1.165) is 11.1 Å². The Morgan fingerprint density at radius 1 is 1.19 bits per heavy atom. The zero-order chi connectivity index (χ0) is 15.5. The van der Waals surface area contributed by atoms with E-state index in [4.69, 9.17) is 0 Å². The highest BCUT2D eigenvalue weighted by molar-refractivity contribution is 7.12. The van der Waals surface area contributed by atoms with Crippen LogP contribution in [0, 0.1) is 6.92 Å². The molecule has 2 aromatic rings. The first-order valence-electron chi connectivity index (χ1n) is 6.67. The van der Waals surface area contributed by atoms with Gasteiger partial charge in [0.15, 0.2) is 0 Å². The zero-order valence-electron chi connectivity index (χ0n) is 12.1. The standard InChI is InChI=1S/C16H19NO3S/c1-11-3-5-12(6-4-11)13-7-14(21-8-13)15(20)17-16(2,9-18)10-19/h3-8,18-19H,9-10H2,1-2H3,(H,17,20). The lowest BCUT2D eigenvalue weighted by molar-refractivity contribution is 0.0727. The number of amides is 1. The smallest absolute Gasteiger partial charge is 0.261 e. The Bertz CT molecular complexity index is 615. The molecule has 0 fully saturated rings. The van der Waals surface area contributed by atoms with Gasteiger partial charge in [-0.25, -0.2) is 0 Å². The summed E-state index contributed by atoms with van der Waals surface area (Å²) in [5, 5.41) is 23.0. The van der Waals surface area contributed by atoms with Gasteiger partial charge < -0.3 is 15.5 Å². The van der Waals surface area contributed by atoms with Gasteiger partial charge in [0.25, 0.3) is 5.91 Å². The fourth-order valence-corrected chi connectivity index (χ4v) is 2.63. The number of nitrogens with one attached hydrogen (secondary N) is 1. The van der Waals surface area contributed by atoms with Crippen LogP contribution in [-0.2, 0) is 0 Å². The molecule has 1 aromatic carbocycles. The quantitative estimate of drug-likeness (QED) is 0.793. The van der Waals surface area contributed by atoms with Crippen molar-refractivity contribution in [3.05, 3.63) is 46.2 Å². The number of benzene rings is 1. The average Bonchev–Trinajstić information content (AvgIpc) is 2.98. The number of carbonyl (C=O) groups excluding carboxylic acids is 1. The van der Waals surface area contributed by atoms with E-state index in [2.05, 4.69) is 5.32 Å². The van der Waals surface area contributed by atoms with Gasteiger partial charge in [0.1, 0.15) is 0 Å². The van der Waals surface area contributed by atoms with Gasteiger partial charge in [-0.2, -0.15) is 0 Å². The van der Waals surface area contributed by atoms with Gasteiger partial charge in [-0.1, -0.05) is 29.8 Å². The highest BCUT2D eigenvalue weighted by Gasteiger charge is 2.25. The molecule has 1 aromatic heterocycles. The van der Waals surface area contributed by atoms with Crippen molar-refractivity contribution in [2.45, 2.75) is 19.4 Å². The fourth-order valence-electron chi connectivity index (χ4n) is 1.82. The number of thiophene rings is 1. The number of carbonyl (C=O) groups is 1. The van der Waals surface area contributed by atoms with Crippen molar-refractivity contribution < 1.29 is 15.0 Å². The van der Waals surface area contributed by atoms with Gasteiger partial charge in [-0.15, -0.1) is 11.3 Å². The predicted molar refractivity (Wildman–Crippen MR) is 84.5 cm³/mol. The Balaban J connectivity index is 2.16. The van der Waals surface area contributed by atoms with Gasteiger partial charge in [0.2, 0.25) is 0 Å². The van der Waals surface area contributed by atoms with Crippen LogP contribution in [0.4, 0.5) is 0 Å². The minimum Gasteiger partial charge on any atom is -0.394 e. The molecule has 0 saturated heterocycles. The molecule has 0 aliphatic heterocycles. The number of rotatable bonds is 5. The van der Waals surface area contributed by atoms with Crippen molar-refractivity contribution in [2.24, 2.45) is 0 Å². The molecule has 0 aliphatic rings. The van der Waals surface area contributed by atoms with Crippen LogP contribution in [0.5, 0.6) is 0 Å². The van der Waals surface area contributed by atoms with Crippen molar-refractivity contribution in [2.75, 3.05) is 13.2 Å². The lowest BCUT2D eigenvalue weighted by atomic mass is 10.0. The monoisotopic (exact) mass is 305 g/mol. The Kier molecular flexibility index (Phi) is 4.77. The molecule has 0 saturated carbocycles. The highest BCUT2D eigenvalue weighted by Crippen LogP contribution is 2.26. The molecule has 112 valence electrons. The third kappa shape index (κ3) is 3.69. The van der Waals surface area contributed by atoms with Crippen molar-refractivity contribution >= 4 is 17.2 Å². The summed E-state index contributed by atoms with van der Waals surface area (Å²) in [6, 6.07) is 9.91. The van der Waals surface area contributed by atoms with E-state index < -0.39 is 5.54 Å². The van der Waals surface area contributed by atoms with Gasteiger partial charge in [-0.05, 0) is 36.4 Å². The molecule has 0 bridgehead atoms. The minimum atomic E-state index is -1.01. The SMILES string of the molecule is Cc1ccc(-c2csc(C(=O)NC(C)(CO)CO)c2)cc1. The molecule has 0 atom stereocenters. The second-order valence-electron chi connectivity index (χ2n) is 5.40. The summed E-state index contributed by atoms with van der Waals surface area (Å²) in [7, 11) is 0. The van der Waals surface area contributed by atoms with Crippen molar-refractivity contribution in [1.29, 1.82) is 0 Å². The molecule has 1 heterocycles. The van der Waals surface area contributed by atoms with E-state index in [1.165, 1.54) is 16.9 Å². The summed E-state index contributed by atoms with van der Waals surface area (Å²) < 4.78 is 0. The minimum absolute atomic E-state index is 0.288. The molecule has 21 heavy (non-hydrogen) atoms. The number of hydrogen-bond donors (Lipinski definition) is 3. The van der Waals surface area contributed by atoms with Crippen LogP contribution in [0.2, 0.25) is 0 Å². The average molecular weight is 305 g/mol. The van der Waals surface area contributed by atoms with Crippen molar-refractivity contribution in [1.82, 2.24) is 5.32 Å². The molecule has 3 N–H and O–H groups in total. The summed E-state index contributed by atoms with van der Waals surface area (Å²) >= 11 is 1.34. The first-order valence-corrected chi connectivity index (χ1v) is 7.55. The zero-order valence-corrected chi connectivity index (χ0v) is 12.9. The third-order valence-corrected chi connectivity index (χ3v) is 4.25. The van der Waals surface area contributed by atoms with E-state index in [1.807, 2.05) is 42.6 Å². The predicted octanol–water partition coefficient (Wildman–Crippen LogP) is 2.20. The van der Waals surface area contributed by atoms with Crippen molar-refractivity contribution in [3.8, 4) is 11.1 Å². The highest BCUT2D eigenvalue weighted by atomic mass is 32.1. The summed E-state index contributed by atoms with van der Waals surface area (Å²) in [6.07, 6.45) is 0. The normalized spacial score (nSPS) is 11.4. The summed E-state index contributed by atoms with van der Waals surface area (Å²) in [6.45, 7) is 3.00. The first kappa shape index (κ1) is 15.7. The molecular formula is C16H19NO3S. The number of aryl methyl sites for hydroxylation is 1. The number of aliphatic hydroxyl groups is 2. The first-order chi connectivity index (χ1) is 9.97. The molecule has 0 unspecified atom stereocenters. The van der Waals surface area contributed by atoms with Gasteiger partial charge >= 0.3 is 0 Å². The fraction of sp³-hybridized carbons (Fsp3) is 0.312. The summed E-state index contributed by atoms with van der Waals surface area (Å²) in [5.74, 6) is -0.288. The van der Waals surface area contributed by atoms with Gasteiger partial charge in [0.05, 0.1) is 23.6 Å². The van der Waals surface area contributed by atoms with Gasteiger partial charge in [-0.3, -0.25) is 4.79 Å². The van der Waals surface area contributed by atoms with E-state index >= 15 is 0 Å². The van der Waals surface area contributed by atoms with E-state index in [9.17, 15) is 15.0 Å². The molecule has 0 spiro atoms. The molecule has 5 heteroatoms. The molecule has 4 nitrogen and oxygen atoms in total. The topological polar surface area (TPSA) is 69.6 Å². The molecule has 2 rings (SSSR count). The van der Waals surface area contributed by atoms with Crippen LogP contribution in [0.3, 0.4) is 0 Å². The van der Waals surface area contributed by atoms with Crippen LogP contribution in [0.1, 0.15) is 22.2 Å². The third-order valence-electron chi connectivity index (χ3n) is 3.32. The lowest BCUT2D eigenvalue weighted by Crippen LogP contribution is -2.51.